The summed E-state index contributed by atoms with van der Waals surface area (Å²) < 4.78 is 13.5. The Labute approximate surface area is 175 Å². The number of urea groups is 1. The van der Waals surface area contributed by atoms with E-state index >= 15 is 0 Å². The van der Waals surface area contributed by atoms with Crippen LogP contribution in [0.2, 0.25) is 5.02 Å². The highest BCUT2D eigenvalue weighted by Gasteiger charge is 2.25. The second kappa shape index (κ2) is 9.37. The Bertz CT molecular complexity index is 878. The van der Waals surface area contributed by atoms with E-state index in [9.17, 15) is 9.18 Å². The maximum Gasteiger partial charge on any atom is 0.318 e. The van der Waals surface area contributed by atoms with E-state index in [2.05, 4.69) is 25.9 Å². The number of likely N-dealkylation sites (N-methyl/N-ethyl adjacent to an activating group) is 1. The Morgan fingerprint density at radius 3 is 2.86 bits per heavy atom. The van der Waals surface area contributed by atoms with Crippen molar-refractivity contribution >= 4 is 23.6 Å². The average Bonchev–Trinajstić information content (AvgIpc) is 2.68. The van der Waals surface area contributed by atoms with Gasteiger partial charge in [0.15, 0.2) is 0 Å². The number of amides is 2. The first kappa shape index (κ1) is 21.3. The van der Waals surface area contributed by atoms with E-state index in [0.29, 0.717) is 32.0 Å². The second-order valence-electron chi connectivity index (χ2n) is 7.37. The van der Waals surface area contributed by atoms with Crippen LogP contribution in [0, 0.1) is 5.82 Å². The molecule has 3 rings (SSSR count). The van der Waals surface area contributed by atoms with E-state index < -0.39 is 5.82 Å². The molecule has 2 heterocycles. The van der Waals surface area contributed by atoms with Crippen molar-refractivity contribution in [2.24, 2.45) is 0 Å². The van der Waals surface area contributed by atoms with Gasteiger partial charge in [0.05, 0.1) is 23.3 Å². The third-order valence-corrected chi connectivity index (χ3v) is 4.99. The molecule has 1 aromatic heterocycles. The fourth-order valence-electron chi connectivity index (χ4n) is 3.23. The molecule has 0 fully saturated rings. The van der Waals surface area contributed by atoms with Crippen LogP contribution in [0.1, 0.15) is 36.7 Å². The van der Waals surface area contributed by atoms with Gasteiger partial charge in [0.25, 0.3) is 0 Å². The zero-order chi connectivity index (χ0) is 21.0. The Kier molecular flexibility index (Phi) is 6.87. The van der Waals surface area contributed by atoms with Gasteiger partial charge in [0.2, 0.25) is 5.95 Å². The van der Waals surface area contributed by atoms with E-state index in [-0.39, 0.29) is 23.1 Å². The molecule has 0 aliphatic carbocycles. The van der Waals surface area contributed by atoms with Crippen LogP contribution < -0.4 is 16.0 Å². The highest BCUT2D eigenvalue weighted by Crippen LogP contribution is 2.22. The summed E-state index contributed by atoms with van der Waals surface area (Å²) in [6, 6.07) is 4.17. The van der Waals surface area contributed by atoms with Crippen molar-refractivity contribution in [1.29, 1.82) is 0 Å². The largest absolute Gasteiger partial charge is 0.352 e. The lowest BCUT2D eigenvalue weighted by atomic mass is 10.1. The van der Waals surface area contributed by atoms with E-state index in [1.807, 2.05) is 20.0 Å². The fourth-order valence-corrected chi connectivity index (χ4v) is 3.42. The number of carbonyl (C=O) groups excluding carboxylic acids is 1. The monoisotopic (exact) mass is 420 g/mol. The predicted molar refractivity (Wildman–Crippen MR) is 112 cm³/mol. The van der Waals surface area contributed by atoms with Crippen molar-refractivity contribution in [1.82, 2.24) is 25.5 Å². The molecule has 0 unspecified atom stereocenters. The minimum absolute atomic E-state index is 0.0339. The molecule has 0 bridgehead atoms. The SMILES string of the molecule is CNC[C@@H](NC(=O)N1CCc2cnc(NC(C)C)nc2C1)c1ccc(F)c(Cl)c1. The molecular weight excluding hydrogens is 395 g/mol. The molecule has 1 aromatic carbocycles. The second-order valence-corrected chi connectivity index (χ2v) is 7.78. The molecule has 1 atom stereocenters. The molecular formula is C20H26ClFN6O. The molecule has 29 heavy (non-hydrogen) atoms. The first-order chi connectivity index (χ1) is 13.9. The van der Waals surface area contributed by atoms with E-state index in [4.69, 9.17) is 11.6 Å². The van der Waals surface area contributed by atoms with Crippen molar-refractivity contribution in [2.75, 3.05) is 25.5 Å². The Morgan fingerprint density at radius 1 is 1.38 bits per heavy atom. The van der Waals surface area contributed by atoms with Crippen molar-refractivity contribution in [3.63, 3.8) is 0 Å². The average molecular weight is 421 g/mol. The maximum atomic E-state index is 13.5. The fraction of sp³-hybridized carbons (Fsp3) is 0.450. The molecule has 7 nitrogen and oxygen atoms in total. The third-order valence-electron chi connectivity index (χ3n) is 4.70. The van der Waals surface area contributed by atoms with Gasteiger partial charge in [-0.05, 0) is 50.6 Å². The lowest BCUT2D eigenvalue weighted by Crippen LogP contribution is -2.46. The number of nitrogens with one attached hydrogen (secondary N) is 3. The van der Waals surface area contributed by atoms with Gasteiger partial charge in [-0.25, -0.2) is 19.2 Å². The molecule has 2 amide bonds. The predicted octanol–water partition coefficient (Wildman–Crippen LogP) is 3.12. The smallest absolute Gasteiger partial charge is 0.318 e. The number of aromatic nitrogens is 2. The molecule has 0 spiro atoms. The van der Waals surface area contributed by atoms with E-state index in [0.717, 1.165) is 16.8 Å². The molecule has 1 aliphatic rings. The Hall–Kier alpha value is -2.45. The molecule has 9 heteroatoms. The number of hydrogen-bond donors (Lipinski definition) is 3. The molecule has 0 radical (unpaired) electrons. The van der Waals surface area contributed by atoms with Gasteiger partial charge < -0.3 is 20.9 Å². The summed E-state index contributed by atoms with van der Waals surface area (Å²) in [5, 5.41) is 9.28. The number of rotatable bonds is 6. The zero-order valence-corrected chi connectivity index (χ0v) is 17.6. The summed E-state index contributed by atoms with van der Waals surface area (Å²) in [5.41, 5.74) is 2.64. The van der Waals surface area contributed by atoms with Crippen LogP contribution in [0.15, 0.2) is 24.4 Å². The summed E-state index contributed by atoms with van der Waals surface area (Å²) in [6.45, 7) is 5.52. The van der Waals surface area contributed by atoms with Gasteiger partial charge in [0.1, 0.15) is 5.82 Å². The van der Waals surface area contributed by atoms with Gasteiger partial charge in [-0.1, -0.05) is 17.7 Å². The van der Waals surface area contributed by atoms with Crippen LogP contribution in [-0.2, 0) is 13.0 Å². The quantitative estimate of drug-likeness (QED) is 0.668. The first-order valence-electron chi connectivity index (χ1n) is 9.63. The van der Waals surface area contributed by atoms with Crippen LogP contribution in [0.3, 0.4) is 0 Å². The maximum absolute atomic E-state index is 13.5. The molecule has 1 aliphatic heterocycles. The summed E-state index contributed by atoms with van der Waals surface area (Å²) in [4.78, 5) is 23.5. The third kappa shape index (κ3) is 5.33. The van der Waals surface area contributed by atoms with Crippen molar-refractivity contribution in [3.05, 3.63) is 52.1 Å². The van der Waals surface area contributed by atoms with Gasteiger partial charge in [0, 0.05) is 25.3 Å². The van der Waals surface area contributed by atoms with E-state index in [1.165, 1.54) is 6.07 Å². The Balaban J connectivity index is 1.71. The Morgan fingerprint density at radius 2 is 2.17 bits per heavy atom. The molecule has 0 saturated heterocycles. The zero-order valence-electron chi connectivity index (χ0n) is 16.8. The lowest BCUT2D eigenvalue weighted by Gasteiger charge is -2.30. The highest BCUT2D eigenvalue weighted by atomic mass is 35.5. The van der Waals surface area contributed by atoms with Crippen LogP contribution >= 0.6 is 11.6 Å². The molecule has 3 N–H and O–H groups in total. The summed E-state index contributed by atoms with van der Waals surface area (Å²) >= 11 is 5.91. The minimum Gasteiger partial charge on any atom is -0.352 e. The topological polar surface area (TPSA) is 82.2 Å². The molecule has 2 aromatic rings. The number of hydrogen-bond acceptors (Lipinski definition) is 5. The number of benzene rings is 1. The highest BCUT2D eigenvalue weighted by molar-refractivity contribution is 6.30. The van der Waals surface area contributed by atoms with Crippen molar-refractivity contribution < 1.29 is 9.18 Å². The molecule has 0 saturated carbocycles. The number of anilines is 1. The van der Waals surface area contributed by atoms with Crippen LogP contribution in [0.25, 0.3) is 0 Å². The van der Waals surface area contributed by atoms with Crippen LogP contribution in [0.4, 0.5) is 15.1 Å². The van der Waals surface area contributed by atoms with Gasteiger partial charge in [-0.3, -0.25) is 0 Å². The summed E-state index contributed by atoms with van der Waals surface area (Å²) in [5.74, 6) is 0.0816. The number of nitrogens with zero attached hydrogens (tertiary/aromatic N) is 3. The first-order valence-corrected chi connectivity index (χ1v) is 10.0. The minimum atomic E-state index is -0.483. The van der Waals surface area contributed by atoms with Crippen LogP contribution in [0.5, 0.6) is 0 Å². The normalized spacial score (nSPS) is 14.5. The number of fused-ring (bicyclic) bond motifs is 1. The summed E-state index contributed by atoms with van der Waals surface area (Å²) in [6.07, 6.45) is 2.52. The van der Waals surface area contributed by atoms with Gasteiger partial charge in [-0.15, -0.1) is 0 Å². The van der Waals surface area contributed by atoms with E-state index in [1.54, 1.807) is 24.1 Å². The van der Waals surface area contributed by atoms with Crippen molar-refractivity contribution in [3.8, 4) is 0 Å². The van der Waals surface area contributed by atoms with Gasteiger partial charge >= 0.3 is 6.03 Å². The number of carbonyl (C=O) groups is 1. The van der Waals surface area contributed by atoms with Crippen LogP contribution in [-0.4, -0.2) is 47.1 Å². The molecule has 156 valence electrons. The summed E-state index contributed by atoms with van der Waals surface area (Å²) in [7, 11) is 1.79. The lowest BCUT2D eigenvalue weighted by molar-refractivity contribution is 0.187. The van der Waals surface area contributed by atoms with Gasteiger partial charge in [-0.2, -0.15) is 0 Å². The standard InChI is InChI=1S/C20H26ClFN6O/c1-12(2)25-19-24-9-14-6-7-28(11-18(14)26-19)20(29)27-17(10-23-3)13-4-5-16(22)15(21)8-13/h4-5,8-9,12,17,23H,6-7,10-11H2,1-3H3,(H,27,29)(H,24,25,26)/t17-/m1/s1. The van der Waals surface area contributed by atoms with Crippen molar-refractivity contribution in [2.45, 2.75) is 38.9 Å². The number of halogens is 2.